The molecule has 2 nitrogen and oxygen atoms in total. The van der Waals surface area contributed by atoms with Crippen LogP contribution in [0.4, 0.5) is 5.88 Å². The summed E-state index contributed by atoms with van der Waals surface area (Å²) in [7, 11) is 0. The summed E-state index contributed by atoms with van der Waals surface area (Å²) in [5.41, 5.74) is 0. The van der Waals surface area contributed by atoms with Crippen molar-refractivity contribution in [3.63, 3.8) is 0 Å². The molecule has 0 unspecified atom stereocenters. The van der Waals surface area contributed by atoms with Gasteiger partial charge in [0.1, 0.15) is 0 Å². The fraction of sp³-hybridized carbons (Fsp3) is 0. The molecule has 0 aliphatic carbocycles. The van der Waals surface area contributed by atoms with Crippen molar-refractivity contribution >= 4 is 5.88 Å². The van der Waals surface area contributed by atoms with E-state index >= 15 is 0 Å². The summed E-state index contributed by atoms with van der Waals surface area (Å²) < 4.78 is 4.63. The van der Waals surface area contributed by atoms with Crippen LogP contribution in [0.1, 0.15) is 0 Å². The van der Waals surface area contributed by atoms with Crippen LogP contribution in [0.5, 0.6) is 0 Å². The van der Waals surface area contributed by atoms with Gasteiger partial charge < -0.3 is 4.42 Å². The van der Waals surface area contributed by atoms with E-state index in [-0.39, 0.29) is 0 Å². The fourth-order valence-corrected chi connectivity index (χ4v) is 0.334. The normalized spacial score (nSPS) is 7.86. The van der Waals surface area contributed by atoms with Crippen molar-refractivity contribution in [2.45, 2.75) is 0 Å². The smallest absolute Gasteiger partial charge is 0.345 e. The van der Waals surface area contributed by atoms with Crippen molar-refractivity contribution in [3.05, 3.63) is 29.8 Å². The molecule has 1 heterocycles. The second-order valence-corrected chi connectivity index (χ2v) is 1.06. The Bertz CT molecular complexity index is 170. The Morgan fingerprint density at radius 2 is 2.57 bits per heavy atom. The average Bonchev–Trinajstić information content (AvgIpc) is 2.14. The van der Waals surface area contributed by atoms with Crippen LogP contribution in [0.25, 0.3) is 4.85 Å². The van der Waals surface area contributed by atoms with Crippen molar-refractivity contribution in [1.82, 2.24) is 0 Å². The van der Waals surface area contributed by atoms with Crippen LogP contribution in [-0.4, -0.2) is 0 Å². The molecule has 0 atom stereocenters. The van der Waals surface area contributed by atoms with Crippen LogP contribution in [0.3, 0.4) is 0 Å². The minimum atomic E-state index is 0.347. The Labute approximate surface area is 41.2 Å². The van der Waals surface area contributed by atoms with Crippen LogP contribution >= 0.6 is 0 Å². The molecular formula is C5H3NO. The van der Waals surface area contributed by atoms with E-state index in [1.165, 1.54) is 6.26 Å². The van der Waals surface area contributed by atoms with E-state index in [1.54, 1.807) is 12.1 Å². The minimum absolute atomic E-state index is 0.347. The van der Waals surface area contributed by atoms with Gasteiger partial charge in [-0.1, -0.05) is 0 Å². The van der Waals surface area contributed by atoms with E-state index in [2.05, 4.69) is 9.26 Å². The fourth-order valence-electron chi connectivity index (χ4n) is 0.334. The number of furan rings is 1. The maximum atomic E-state index is 6.39. The second kappa shape index (κ2) is 1.48. The molecule has 2 heteroatoms. The van der Waals surface area contributed by atoms with Gasteiger partial charge in [-0.15, -0.1) is 0 Å². The second-order valence-electron chi connectivity index (χ2n) is 1.06. The molecule has 0 aliphatic heterocycles. The summed E-state index contributed by atoms with van der Waals surface area (Å²) >= 11 is 0. The molecule has 0 saturated carbocycles. The van der Waals surface area contributed by atoms with Crippen molar-refractivity contribution in [1.29, 1.82) is 0 Å². The Kier molecular flexibility index (Phi) is 0.833. The van der Waals surface area contributed by atoms with Crippen LogP contribution in [0, 0.1) is 6.57 Å². The topological polar surface area (TPSA) is 17.5 Å². The zero-order valence-electron chi connectivity index (χ0n) is 3.59. The highest BCUT2D eigenvalue weighted by molar-refractivity contribution is 5.29. The predicted molar refractivity (Wildman–Crippen MR) is 25.0 cm³/mol. The average molecular weight is 93.1 g/mol. The largest absolute Gasteiger partial charge is 0.487 e. The maximum absolute atomic E-state index is 6.39. The molecule has 0 bridgehead atoms. The van der Waals surface area contributed by atoms with Crippen molar-refractivity contribution in [2.24, 2.45) is 0 Å². The maximum Gasteiger partial charge on any atom is 0.345 e. The van der Waals surface area contributed by atoms with E-state index in [1.807, 2.05) is 0 Å². The van der Waals surface area contributed by atoms with Gasteiger partial charge in [0.2, 0.25) is 0 Å². The van der Waals surface area contributed by atoms with E-state index in [0.29, 0.717) is 5.88 Å². The molecule has 0 amide bonds. The van der Waals surface area contributed by atoms with Gasteiger partial charge in [-0.05, 0) is 12.1 Å². The summed E-state index contributed by atoms with van der Waals surface area (Å²) in [6.07, 6.45) is 1.48. The summed E-state index contributed by atoms with van der Waals surface area (Å²) in [4.78, 5) is 3.01. The Balaban J connectivity index is 3.04. The molecule has 34 valence electrons. The molecule has 0 radical (unpaired) electrons. The van der Waals surface area contributed by atoms with Gasteiger partial charge in [0.25, 0.3) is 0 Å². The molecule has 1 rings (SSSR count). The summed E-state index contributed by atoms with van der Waals surface area (Å²) in [5.74, 6) is 0.347. The summed E-state index contributed by atoms with van der Waals surface area (Å²) in [6, 6.07) is 3.31. The number of nitrogens with zero attached hydrogens (tertiary/aromatic N) is 1. The molecule has 0 N–H and O–H groups in total. The molecule has 0 aromatic carbocycles. The zero-order chi connectivity index (χ0) is 5.11. The first-order chi connectivity index (χ1) is 3.43. The van der Waals surface area contributed by atoms with E-state index in [0.717, 1.165) is 0 Å². The summed E-state index contributed by atoms with van der Waals surface area (Å²) in [5, 5.41) is 0. The van der Waals surface area contributed by atoms with E-state index in [9.17, 15) is 0 Å². The molecule has 0 spiro atoms. The van der Waals surface area contributed by atoms with E-state index < -0.39 is 0 Å². The van der Waals surface area contributed by atoms with Gasteiger partial charge in [-0.3, -0.25) is 0 Å². The van der Waals surface area contributed by atoms with Crippen LogP contribution < -0.4 is 0 Å². The SMILES string of the molecule is [C-]#[N+]c1ccco1. The van der Waals surface area contributed by atoms with Gasteiger partial charge in [-0.2, -0.15) is 4.85 Å². The first kappa shape index (κ1) is 3.94. The van der Waals surface area contributed by atoms with Gasteiger partial charge in [0.15, 0.2) is 0 Å². The van der Waals surface area contributed by atoms with Crippen molar-refractivity contribution < 1.29 is 4.42 Å². The number of hydrogen-bond acceptors (Lipinski definition) is 1. The van der Waals surface area contributed by atoms with Crippen LogP contribution in [0.15, 0.2) is 22.8 Å². The van der Waals surface area contributed by atoms with Gasteiger partial charge >= 0.3 is 5.88 Å². The third kappa shape index (κ3) is 0.606. The van der Waals surface area contributed by atoms with Crippen LogP contribution in [-0.2, 0) is 0 Å². The molecule has 7 heavy (non-hydrogen) atoms. The molecule has 0 aliphatic rings. The van der Waals surface area contributed by atoms with E-state index in [4.69, 9.17) is 6.57 Å². The number of hydrogen-bond donors (Lipinski definition) is 0. The highest BCUT2D eigenvalue weighted by Gasteiger charge is 1.84. The lowest BCUT2D eigenvalue weighted by Gasteiger charge is -1.67. The highest BCUT2D eigenvalue weighted by Crippen LogP contribution is 2.09. The summed E-state index contributed by atoms with van der Waals surface area (Å²) in [6.45, 7) is 6.39. The number of rotatable bonds is 0. The Morgan fingerprint density at radius 3 is 2.86 bits per heavy atom. The lowest BCUT2D eigenvalue weighted by Crippen LogP contribution is -1.35. The molecule has 0 saturated heterocycles. The van der Waals surface area contributed by atoms with Gasteiger partial charge in [-0.25, -0.2) is 0 Å². The lowest BCUT2D eigenvalue weighted by atomic mass is 10.6. The Morgan fingerprint density at radius 1 is 1.71 bits per heavy atom. The third-order valence-electron chi connectivity index (χ3n) is 0.616. The Hall–Kier alpha value is -1.23. The first-order valence-corrected chi connectivity index (χ1v) is 1.84. The predicted octanol–water partition coefficient (Wildman–Crippen LogP) is 1.83. The zero-order valence-corrected chi connectivity index (χ0v) is 3.59. The molecular weight excluding hydrogens is 90.1 g/mol. The quantitative estimate of drug-likeness (QED) is 0.447. The molecule has 1 aromatic rings. The monoisotopic (exact) mass is 93.0 g/mol. The first-order valence-electron chi connectivity index (χ1n) is 1.84. The van der Waals surface area contributed by atoms with Crippen LogP contribution in [0.2, 0.25) is 0 Å². The molecule has 0 fully saturated rings. The van der Waals surface area contributed by atoms with Gasteiger partial charge in [0, 0.05) is 0 Å². The highest BCUT2D eigenvalue weighted by atomic mass is 16.3. The lowest BCUT2D eigenvalue weighted by molar-refractivity contribution is 0.592. The molecule has 1 aromatic heterocycles. The minimum Gasteiger partial charge on any atom is -0.487 e. The third-order valence-corrected chi connectivity index (χ3v) is 0.616. The van der Waals surface area contributed by atoms with Crippen molar-refractivity contribution in [3.8, 4) is 0 Å². The van der Waals surface area contributed by atoms with Crippen molar-refractivity contribution in [2.75, 3.05) is 0 Å². The van der Waals surface area contributed by atoms with Gasteiger partial charge in [0.05, 0.1) is 12.8 Å². The standard InChI is InChI=1S/C5H3NO/c1-6-5-3-2-4-7-5/h2-4H.